The zero-order valence-corrected chi connectivity index (χ0v) is 13.3. The van der Waals surface area contributed by atoms with Gasteiger partial charge in [0.25, 0.3) is 0 Å². The number of nitrogens with zero attached hydrogens (tertiary/aromatic N) is 3. The van der Waals surface area contributed by atoms with Gasteiger partial charge in [-0.05, 0) is 52.9 Å². The van der Waals surface area contributed by atoms with Crippen LogP contribution in [0, 0.1) is 0 Å². The second kappa shape index (κ2) is 6.55. The van der Waals surface area contributed by atoms with Crippen molar-refractivity contribution in [1.82, 2.24) is 15.2 Å². The molecule has 0 saturated carbocycles. The zero-order chi connectivity index (χ0) is 14.6. The van der Waals surface area contributed by atoms with Crippen molar-refractivity contribution in [3.8, 4) is 0 Å². The van der Waals surface area contributed by atoms with E-state index in [1.807, 2.05) is 12.3 Å². The molecule has 0 aromatic carbocycles. The molecule has 1 aliphatic rings. The second-order valence-corrected chi connectivity index (χ2v) is 6.54. The first kappa shape index (κ1) is 15.3. The first-order chi connectivity index (χ1) is 9.49. The van der Waals surface area contributed by atoms with E-state index in [0.29, 0.717) is 6.04 Å². The predicted molar refractivity (Wildman–Crippen MR) is 85.2 cm³/mol. The average molecular weight is 276 g/mol. The van der Waals surface area contributed by atoms with Crippen LogP contribution in [0.5, 0.6) is 0 Å². The smallest absolute Gasteiger partial charge is 0.128 e. The van der Waals surface area contributed by atoms with Crippen LogP contribution in [-0.4, -0.2) is 55.2 Å². The Labute approximate surface area is 123 Å². The topological polar surface area (TPSA) is 31.4 Å². The largest absolute Gasteiger partial charge is 0.357 e. The molecular formula is C16H28N4. The summed E-state index contributed by atoms with van der Waals surface area (Å²) in [5.41, 5.74) is 0.206. The van der Waals surface area contributed by atoms with E-state index in [-0.39, 0.29) is 5.54 Å². The van der Waals surface area contributed by atoms with Crippen molar-refractivity contribution in [2.75, 3.05) is 38.6 Å². The van der Waals surface area contributed by atoms with Gasteiger partial charge in [0.1, 0.15) is 5.82 Å². The Morgan fingerprint density at radius 1 is 1.30 bits per heavy atom. The minimum absolute atomic E-state index is 0.206. The molecule has 0 radical (unpaired) electrons. The molecule has 4 nitrogen and oxygen atoms in total. The molecular weight excluding hydrogens is 248 g/mol. The van der Waals surface area contributed by atoms with E-state index in [1.54, 1.807) is 0 Å². The third kappa shape index (κ3) is 3.93. The molecule has 1 aromatic heterocycles. The Hall–Kier alpha value is -1.13. The highest BCUT2D eigenvalue weighted by Gasteiger charge is 2.24. The van der Waals surface area contributed by atoms with E-state index in [2.05, 4.69) is 60.2 Å². The van der Waals surface area contributed by atoms with Gasteiger partial charge in [-0.1, -0.05) is 6.07 Å². The summed E-state index contributed by atoms with van der Waals surface area (Å²) in [7, 11) is 4.29. The van der Waals surface area contributed by atoms with E-state index in [9.17, 15) is 0 Å². The summed E-state index contributed by atoms with van der Waals surface area (Å²) >= 11 is 0. The predicted octanol–water partition coefficient (Wildman–Crippen LogP) is 1.98. The summed E-state index contributed by atoms with van der Waals surface area (Å²) in [6.45, 7) is 7.79. The Balaban J connectivity index is 1.78. The van der Waals surface area contributed by atoms with Crippen molar-refractivity contribution in [1.29, 1.82) is 0 Å². The fourth-order valence-corrected chi connectivity index (χ4v) is 2.41. The van der Waals surface area contributed by atoms with Crippen LogP contribution in [0.1, 0.15) is 26.7 Å². The molecule has 1 N–H and O–H groups in total. The van der Waals surface area contributed by atoms with E-state index in [0.717, 1.165) is 25.5 Å². The standard InChI is InChI=1S/C16H28N4/c1-16(2,19(3)4)13-18-14-8-11-20(12-9-14)15-7-5-6-10-17-15/h5-7,10,14,18H,8-9,11-13H2,1-4H3. The van der Waals surface area contributed by atoms with Gasteiger partial charge >= 0.3 is 0 Å². The maximum Gasteiger partial charge on any atom is 0.128 e. The van der Waals surface area contributed by atoms with Crippen LogP contribution in [-0.2, 0) is 0 Å². The number of likely N-dealkylation sites (N-methyl/N-ethyl adjacent to an activating group) is 1. The molecule has 20 heavy (non-hydrogen) atoms. The lowest BCUT2D eigenvalue weighted by Crippen LogP contribution is -2.51. The summed E-state index contributed by atoms with van der Waals surface area (Å²) in [6, 6.07) is 6.77. The van der Waals surface area contributed by atoms with E-state index < -0.39 is 0 Å². The Bertz CT molecular complexity index is 394. The minimum Gasteiger partial charge on any atom is -0.357 e. The molecule has 2 rings (SSSR count). The van der Waals surface area contributed by atoms with Gasteiger partial charge in [0.15, 0.2) is 0 Å². The number of hydrogen-bond acceptors (Lipinski definition) is 4. The number of nitrogens with one attached hydrogen (secondary N) is 1. The van der Waals surface area contributed by atoms with Crippen molar-refractivity contribution < 1.29 is 0 Å². The maximum absolute atomic E-state index is 4.43. The second-order valence-electron chi connectivity index (χ2n) is 6.54. The fourth-order valence-electron chi connectivity index (χ4n) is 2.41. The number of anilines is 1. The SMILES string of the molecule is CN(C)C(C)(C)CNC1CCN(c2ccccn2)CC1. The van der Waals surface area contributed by atoms with Crippen LogP contribution in [0.4, 0.5) is 5.82 Å². The normalized spacial score (nSPS) is 17.8. The van der Waals surface area contributed by atoms with Crippen molar-refractivity contribution in [3.05, 3.63) is 24.4 Å². The molecule has 112 valence electrons. The van der Waals surface area contributed by atoms with E-state index in [1.165, 1.54) is 12.8 Å². The zero-order valence-electron chi connectivity index (χ0n) is 13.3. The monoisotopic (exact) mass is 276 g/mol. The third-order valence-electron chi connectivity index (χ3n) is 4.50. The molecule has 1 saturated heterocycles. The number of pyridine rings is 1. The molecule has 0 unspecified atom stereocenters. The molecule has 1 aromatic rings. The lowest BCUT2D eigenvalue weighted by Gasteiger charge is -2.37. The van der Waals surface area contributed by atoms with Gasteiger partial charge < -0.3 is 15.1 Å². The molecule has 2 heterocycles. The van der Waals surface area contributed by atoms with Crippen LogP contribution >= 0.6 is 0 Å². The number of hydrogen-bond donors (Lipinski definition) is 1. The van der Waals surface area contributed by atoms with Crippen molar-refractivity contribution in [2.24, 2.45) is 0 Å². The molecule has 0 amide bonds. The highest BCUT2D eigenvalue weighted by atomic mass is 15.2. The Morgan fingerprint density at radius 3 is 2.55 bits per heavy atom. The number of aromatic nitrogens is 1. The third-order valence-corrected chi connectivity index (χ3v) is 4.50. The average Bonchev–Trinajstić information content (AvgIpc) is 2.46. The quantitative estimate of drug-likeness (QED) is 0.891. The summed E-state index contributed by atoms with van der Waals surface area (Å²) in [4.78, 5) is 9.10. The summed E-state index contributed by atoms with van der Waals surface area (Å²) in [6.07, 6.45) is 4.26. The van der Waals surface area contributed by atoms with Crippen molar-refractivity contribution >= 4 is 5.82 Å². The van der Waals surface area contributed by atoms with Crippen LogP contribution in [0.25, 0.3) is 0 Å². The van der Waals surface area contributed by atoms with Crippen LogP contribution < -0.4 is 10.2 Å². The Morgan fingerprint density at radius 2 is 2.00 bits per heavy atom. The van der Waals surface area contributed by atoms with Crippen LogP contribution in [0.3, 0.4) is 0 Å². The van der Waals surface area contributed by atoms with Crippen LogP contribution in [0.2, 0.25) is 0 Å². The van der Waals surface area contributed by atoms with Crippen molar-refractivity contribution in [2.45, 2.75) is 38.3 Å². The molecule has 0 atom stereocenters. The van der Waals surface area contributed by atoms with E-state index in [4.69, 9.17) is 0 Å². The Kier molecular flexibility index (Phi) is 5.00. The number of piperidine rings is 1. The van der Waals surface area contributed by atoms with Crippen molar-refractivity contribution in [3.63, 3.8) is 0 Å². The lowest BCUT2D eigenvalue weighted by molar-refractivity contribution is 0.181. The van der Waals surface area contributed by atoms with Crippen LogP contribution in [0.15, 0.2) is 24.4 Å². The summed E-state index contributed by atoms with van der Waals surface area (Å²) < 4.78 is 0. The van der Waals surface area contributed by atoms with Gasteiger partial charge in [-0.25, -0.2) is 4.98 Å². The maximum atomic E-state index is 4.43. The molecule has 0 aliphatic carbocycles. The first-order valence-electron chi connectivity index (χ1n) is 7.56. The lowest BCUT2D eigenvalue weighted by atomic mass is 10.0. The van der Waals surface area contributed by atoms with Gasteiger partial charge in [-0.3, -0.25) is 0 Å². The van der Waals surface area contributed by atoms with Gasteiger partial charge in [0, 0.05) is 37.4 Å². The van der Waals surface area contributed by atoms with Gasteiger partial charge in [0.2, 0.25) is 0 Å². The molecule has 0 spiro atoms. The van der Waals surface area contributed by atoms with Gasteiger partial charge in [-0.15, -0.1) is 0 Å². The van der Waals surface area contributed by atoms with E-state index >= 15 is 0 Å². The highest BCUT2D eigenvalue weighted by molar-refractivity contribution is 5.38. The first-order valence-corrected chi connectivity index (χ1v) is 7.56. The minimum atomic E-state index is 0.206. The molecule has 0 bridgehead atoms. The summed E-state index contributed by atoms with van der Waals surface area (Å²) in [5, 5.41) is 3.73. The fraction of sp³-hybridized carbons (Fsp3) is 0.688. The molecule has 4 heteroatoms. The number of rotatable bonds is 5. The van der Waals surface area contributed by atoms with Gasteiger partial charge in [-0.2, -0.15) is 0 Å². The highest BCUT2D eigenvalue weighted by Crippen LogP contribution is 2.18. The van der Waals surface area contributed by atoms with Gasteiger partial charge in [0.05, 0.1) is 0 Å². The molecule has 1 aliphatic heterocycles. The summed E-state index contributed by atoms with van der Waals surface area (Å²) in [5.74, 6) is 1.11. The molecule has 1 fully saturated rings.